The molecule has 0 radical (unpaired) electrons. The molecule has 2 aromatic rings. The normalized spacial score (nSPS) is 11.1. The average Bonchev–Trinajstić information content (AvgIpc) is 2.61. The number of rotatable bonds is 3. The van der Waals surface area contributed by atoms with Crippen LogP contribution in [0.2, 0.25) is 10.3 Å². The van der Waals surface area contributed by atoms with Gasteiger partial charge in [0.2, 0.25) is 0 Å². The lowest BCUT2D eigenvalue weighted by Gasteiger charge is -2.03. The molecule has 0 saturated heterocycles. The van der Waals surface area contributed by atoms with E-state index in [2.05, 4.69) is 10.1 Å². The molecule has 2 aromatic heterocycles. The van der Waals surface area contributed by atoms with Gasteiger partial charge >= 0.3 is 0 Å². The highest BCUT2D eigenvalue weighted by atomic mass is 35.5. The van der Waals surface area contributed by atoms with Crippen molar-refractivity contribution in [2.45, 2.75) is 26.7 Å². The first-order valence-corrected chi connectivity index (χ1v) is 5.96. The highest BCUT2D eigenvalue weighted by Gasteiger charge is 2.22. The Kier molecular flexibility index (Phi) is 3.35. The lowest BCUT2D eigenvalue weighted by Crippen LogP contribution is -2.02. The van der Waals surface area contributed by atoms with Gasteiger partial charge in [-0.1, -0.05) is 35.3 Å². The molecule has 0 unspecified atom stereocenters. The van der Waals surface area contributed by atoms with E-state index in [-0.39, 0.29) is 21.7 Å². The number of hydrogen-bond acceptors (Lipinski definition) is 4. The molecule has 0 atom stereocenters. The smallest absolute Gasteiger partial charge is 0.184 e. The van der Waals surface area contributed by atoms with Crippen LogP contribution in [-0.4, -0.2) is 15.9 Å². The van der Waals surface area contributed by atoms with Crippen molar-refractivity contribution in [1.82, 2.24) is 10.1 Å². The number of nitrogens with zero attached hydrogens (tertiary/aromatic N) is 2. The number of aryl methyl sites for hydroxylation is 1. The van der Waals surface area contributed by atoms with E-state index in [4.69, 9.17) is 27.7 Å². The molecule has 0 spiro atoms. The highest BCUT2D eigenvalue weighted by molar-refractivity contribution is 6.39. The first kappa shape index (κ1) is 12.3. The second-order valence-electron chi connectivity index (χ2n) is 3.71. The maximum Gasteiger partial charge on any atom is 0.184 e. The fourth-order valence-corrected chi connectivity index (χ4v) is 2.29. The van der Waals surface area contributed by atoms with Gasteiger partial charge in [0, 0.05) is 6.42 Å². The summed E-state index contributed by atoms with van der Waals surface area (Å²) >= 11 is 11.9. The molecule has 2 heterocycles. The van der Waals surface area contributed by atoms with E-state index in [0.717, 1.165) is 6.42 Å². The van der Waals surface area contributed by atoms with Gasteiger partial charge in [-0.2, -0.15) is 0 Å². The van der Waals surface area contributed by atoms with Crippen LogP contribution in [0.4, 0.5) is 0 Å². The second-order valence-corrected chi connectivity index (χ2v) is 4.43. The van der Waals surface area contributed by atoms with Gasteiger partial charge in [-0.3, -0.25) is 4.79 Å². The van der Waals surface area contributed by atoms with Gasteiger partial charge in [-0.25, -0.2) is 4.98 Å². The second kappa shape index (κ2) is 4.63. The molecular formula is C11H10Cl2N2O2. The Morgan fingerprint density at radius 3 is 2.71 bits per heavy atom. The van der Waals surface area contributed by atoms with E-state index in [0.29, 0.717) is 23.1 Å². The number of Topliss-reactive ketones (excluding diaryl/α,β-unsaturated/α-hetero) is 1. The lowest BCUT2D eigenvalue weighted by atomic mass is 10.1. The molecule has 90 valence electrons. The largest absolute Gasteiger partial charge is 0.355 e. The van der Waals surface area contributed by atoms with Gasteiger partial charge in [0.25, 0.3) is 0 Å². The number of carbonyl (C=O) groups is 1. The Bertz CT molecular complexity index is 593. The molecule has 0 amide bonds. The summed E-state index contributed by atoms with van der Waals surface area (Å²) in [4.78, 5) is 15.9. The van der Waals surface area contributed by atoms with Crippen LogP contribution in [0.25, 0.3) is 11.0 Å². The Morgan fingerprint density at radius 2 is 2.06 bits per heavy atom. The van der Waals surface area contributed by atoms with Crippen LogP contribution < -0.4 is 0 Å². The maximum atomic E-state index is 11.9. The van der Waals surface area contributed by atoms with Crippen LogP contribution in [0.3, 0.4) is 0 Å². The Hall–Kier alpha value is -1.13. The van der Waals surface area contributed by atoms with Crippen LogP contribution in [-0.2, 0) is 0 Å². The lowest BCUT2D eigenvalue weighted by molar-refractivity contribution is 0.0982. The standard InChI is InChI=1S/C11H10Cl2N2O2/c1-3-4-6(16)8-9-7(5(2)15-17-9)10(12)14-11(8)13/h3-4H2,1-2H3. The zero-order valence-electron chi connectivity index (χ0n) is 9.38. The summed E-state index contributed by atoms with van der Waals surface area (Å²) in [6.07, 6.45) is 1.12. The van der Waals surface area contributed by atoms with E-state index in [1.54, 1.807) is 6.92 Å². The Labute approximate surface area is 108 Å². The van der Waals surface area contributed by atoms with E-state index < -0.39 is 0 Å². The predicted octanol–water partition coefficient (Wildman–Crippen LogP) is 3.82. The maximum absolute atomic E-state index is 11.9. The Balaban J connectivity index is 2.74. The molecule has 0 aliphatic rings. The number of hydrogen-bond donors (Lipinski definition) is 0. The number of ketones is 1. The third-order valence-corrected chi connectivity index (χ3v) is 3.00. The minimum Gasteiger partial charge on any atom is -0.355 e. The summed E-state index contributed by atoms with van der Waals surface area (Å²) < 4.78 is 5.13. The molecule has 0 aliphatic heterocycles. The summed E-state index contributed by atoms with van der Waals surface area (Å²) in [5.41, 5.74) is 1.19. The molecule has 0 fully saturated rings. The monoisotopic (exact) mass is 272 g/mol. The summed E-state index contributed by atoms with van der Waals surface area (Å²) in [6, 6.07) is 0. The van der Waals surface area contributed by atoms with Gasteiger partial charge in [0.1, 0.15) is 15.9 Å². The molecule has 0 aromatic carbocycles. The summed E-state index contributed by atoms with van der Waals surface area (Å²) in [6.45, 7) is 3.65. The third-order valence-electron chi connectivity index (χ3n) is 2.45. The van der Waals surface area contributed by atoms with Crippen LogP contribution in [0.1, 0.15) is 35.8 Å². The molecule has 0 saturated carbocycles. The fraction of sp³-hybridized carbons (Fsp3) is 0.364. The number of fused-ring (bicyclic) bond motifs is 1. The summed E-state index contributed by atoms with van der Waals surface area (Å²) in [7, 11) is 0. The van der Waals surface area contributed by atoms with Crippen LogP contribution >= 0.6 is 23.2 Å². The predicted molar refractivity (Wildman–Crippen MR) is 65.8 cm³/mol. The van der Waals surface area contributed by atoms with Gasteiger partial charge in [0.15, 0.2) is 11.4 Å². The third kappa shape index (κ3) is 2.03. The van der Waals surface area contributed by atoms with Crippen molar-refractivity contribution >= 4 is 40.0 Å². The van der Waals surface area contributed by atoms with E-state index in [1.807, 2.05) is 6.92 Å². The Morgan fingerprint density at radius 1 is 1.35 bits per heavy atom. The highest BCUT2D eigenvalue weighted by Crippen LogP contribution is 2.32. The zero-order chi connectivity index (χ0) is 12.6. The summed E-state index contributed by atoms with van der Waals surface area (Å²) in [5, 5.41) is 4.61. The van der Waals surface area contributed by atoms with E-state index >= 15 is 0 Å². The van der Waals surface area contributed by atoms with Gasteiger partial charge in [-0.05, 0) is 13.3 Å². The summed E-state index contributed by atoms with van der Waals surface area (Å²) in [5.74, 6) is -0.109. The number of carbonyl (C=O) groups excluding carboxylic acids is 1. The van der Waals surface area contributed by atoms with Crippen molar-refractivity contribution in [3.8, 4) is 0 Å². The van der Waals surface area contributed by atoms with Crippen molar-refractivity contribution in [2.75, 3.05) is 0 Å². The SMILES string of the molecule is CCCC(=O)c1c(Cl)nc(Cl)c2c(C)noc12. The minimum atomic E-state index is -0.109. The first-order valence-electron chi connectivity index (χ1n) is 5.20. The molecule has 4 nitrogen and oxygen atoms in total. The first-order chi connectivity index (χ1) is 8.06. The van der Waals surface area contributed by atoms with Gasteiger partial charge < -0.3 is 4.52 Å². The number of halogens is 2. The molecular weight excluding hydrogens is 263 g/mol. The van der Waals surface area contributed by atoms with E-state index in [1.165, 1.54) is 0 Å². The fourth-order valence-electron chi connectivity index (χ4n) is 1.67. The van der Waals surface area contributed by atoms with Crippen LogP contribution in [0, 0.1) is 6.92 Å². The van der Waals surface area contributed by atoms with Crippen LogP contribution in [0.5, 0.6) is 0 Å². The van der Waals surface area contributed by atoms with Crippen molar-refractivity contribution in [1.29, 1.82) is 0 Å². The molecule has 2 rings (SSSR count). The van der Waals surface area contributed by atoms with Crippen LogP contribution in [0.15, 0.2) is 4.52 Å². The molecule has 0 N–H and O–H groups in total. The van der Waals surface area contributed by atoms with Gasteiger partial charge in [0.05, 0.1) is 11.1 Å². The van der Waals surface area contributed by atoms with Crippen molar-refractivity contribution in [3.05, 3.63) is 21.6 Å². The van der Waals surface area contributed by atoms with Crippen molar-refractivity contribution < 1.29 is 9.32 Å². The quantitative estimate of drug-likeness (QED) is 0.630. The van der Waals surface area contributed by atoms with Crippen molar-refractivity contribution in [2.24, 2.45) is 0 Å². The van der Waals surface area contributed by atoms with Crippen molar-refractivity contribution in [3.63, 3.8) is 0 Å². The number of pyridine rings is 1. The molecule has 0 bridgehead atoms. The molecule has 6 heteroatoms. The molecule has 0 aliphatic carbocycles. The van der Waals surface area contributed by atoms with E-state index in [9.17, 15) is 4.79 Å². The minimum absolute atomic E-state index is 0.0668. The average molecular weight is 273 g/mol. The zero-order valence-corrected chi connectivity index (χ0v) is 10.9. The topological polar surface area (TPSA) is 56.0 Å². The number of aromatic nitrogens is 2. The van der Waals surface area contributed by atoms with Gasteiger partial charge in [-0.15, -0.1) is 0 Å². The molecule has 17 heavy (non-hydrogen) atoms.